The number of esters is 1. The molecule has 1 aromatic rings. The average Bonchev–Trinajstić information content (AvgIpc) is 2.86. The Morgan fingerprint density at radius 1 is 1.53 bits per heavy atom. The highest BCUT2D eigenvalue weighted by atomic mass is 16.5. The van der Waals surface area contributed by atoms with Gasteiger partial charge in [0.1, 0.15) is 6.04 Å². The van der Waals surface area contributed by atoms with Crippen LogP contribution in [0.25, 0.3) is 0 Å². The van der Waals surface area contributed by atoms with Crippen LogP contribution in [0, 0.1) is 0 Å². The van der Waals surface area contributed by atoms with Crippen molar-refractivity contribution in [1.82, 2.24) is 15.0 Å². The van der Waals surface area contributed by atoms with E-state index < -0.39 is 0 Å². The molecule has 0 N–H and O–H groups in total. The van der Waals surface area contributed by atoms with Gasteiger partial charge in [-0.15, -0.1) is 0 Å². The van der Waals surface area contributed by atoms with Crippen LogP contribution >= 0.6 is 0 Å². The van der Waals surface area contributed by atoms with Crippen LogP contribution in [0.1, 0.15) is 44.3 Å². The Kier molecular flexibility index (Phi) is 4.90. The molecule has 106 valence electrons. The molecule has 19 heavy (non-hydrogen) atoms. The number of carbonyl (C=O) groups is 1. The summed E-state index contributed by atoms with van der Waals surface area (Å²) in [6.45, 7) is 3.49. The van der Waals surface area contributed by atoms with Crippen LogP contribution in [0.5, 0.6) is 0 Å². The average molecular weight is 267 g/mol. The summed E-state index contributed by atoms with van der Waals surface area (Å²) >= 11 is 0. The number of hydrogen-bond acceptors (Lipinski definition) is 6. The first-order valence-electron chi connectivity index (χ1n) is 6.88. The summed E-state index contributed by atoms with van der Waals surface area (Å²) in [6, 6.07) is -0.174. The molecule has 0 aromatic carbocycles. The molecule has 0 spiro atoms. The summed E-state index contributed by atoms with van der Waals surface area (Å²) in [6.07, 6.45) is 4.77. The van der Waals surface area contributed by atoms with Crippen molar-refractivity contribution in [3.05, 3.63) is 11.7 Å². The molecule has 1 atom stereocenters. The van der Waals surface area contributed by atoms with Crippen molar-refractivity contribution >= 4 is 5.97 Å². The number of piperidine rings is 1. The zero-order valence-electron chi connectivity index (χ0n) is 11.6. The molecule has 1 aliphatic heterocycles. The molecule has 1 unspecified atom stereocenters. The molecule has 1 saturated heterocycles. The van der Waals surface area contributed by atoms with Gasteiger partial charge in [-0.2, -0.15) is 4.98 Å². The highest BCUT2D eigenvalue weighted by Crippen LogP contribution is 2.20. The molecule has 1 fully saturated rings. The molecule has 0 aliphatic carbocycles. The zero-order chi connectivity index (χ0) is 13.7. The molecule has 1 aromatic heterocycles. The monoisotopic (exact) mass is 267 g/mol. The summed E-state index contributed by atoms with van der Waals surface area (Å²) in [5.41, 5.74) is 0. The predicted molar refractivity (Wildman–Crippen MR) is 68.4 cm³/mol. The molecule has 6 nitrogen and oxygen atoms in total. The number of carbonyl (C=O) groups excluding carboxylic acids is 1. The predicted octanol–water partition coefficient (Wildman–Crippen LogP) is 1.55. The van der Waals surface area contributed by atoms with E-state index in [0.29, 0.717) is 18.3 Å². The number of aromatic nitrogens is 2. The first kappa shape index (κ1) is 14.0. The molecule has 0 amide bonds. The topological polar surface area (TPSA) is 68.5 Å². The fraction of sp³-hybridized carbons (Fsp3) is 0.769. The zero-order valence-corrected chi connectivity index (χ0v) is 11.6. The van der Waals surface area contributed by atoms with Gasteiger partial charge in [-0.05, 0) is 25.8 Å². The van der Waals surface area contributed by atoms with Gasteiger partial charge in [-0.25, -0.2) is 0 Å². The second kappa shape index (κ2) is 6.65. The van der Waals surface area contributed by atoms with E-state index in [1.54, 1.807) is 0 Å². The number of rotatable bonds is 5. The summed E-state index contributed by atoms with van der Waals surface area (Å²) < 4.78 is 10.0. The Balaban J connectivity index is 2.00. The minimum atomic E-state index is -0.174. The van der Waals surface area contributed by atoms with Crippen LogP contribution in [0.15, 0.2) is 4.52 Å². The van der Waals surface area contributed by atoms with Gasteiger partial charge in [0.25, 0.3) is 0 Å². The molecule has 0 saturated carbocycles. The number of likely N-dealkylation sites (tertiary alicyclic amines) is 1. The van der Waals surface area contributed by atoms with E-state index >= 15 is 0 Å². The largest absolute Gasteiger partial charge is 0.468 e. The van der Waals surface area contributed by atoms with Crippen LogP contribution < -0.4 is 0 Å². The molecule has 1 aliphatic rings. The van der Waals surface area contributed by atoms with E-state index in [0.717, 1.165) is 38.6 Å². The highest BCUT2D eigenvalue weighted by Gasteiger charge is 2.30. The first-order valence-corrected chi connectivity index (χ1v) is 6.88. The fourth-order valence-electron chi connectivity index (χ4n) is 2.43. The van der Waals surface area contributed by atoms with Gasteiger partial charge in [0, 0.05) is 6.42 Å². The number of ether oxygens (including phenoxy) is 1. The minimum absolute atomic E-state index is 0.169. The van der Waals surface area contributed by atoms with Gasteiger partial charge in [0.05, 0.1) is 13.7 Å². The van der Waals surface area contributed by atoms with Crippen molar-refractivity contribution in [1.29, 1.82) is 0 Å². The van der Waals surface area contributed by atoms with Gasteiger partial charge in [-0.1, -0.05) is 18.5 Å². The number of nitrogens with zero attached hydrogens (tertiary/aromatic N) is 3. The maximum Gasteiger partial charge on any atom is 0.323 e. The first-order chi connectivity index (χ1) is 9.24. The Morgan fingerprint density at radius 2 is 2.37 bits per heavy atom. The second-order valence-electron chi connectivity index (χ2n) is 4.86. The summed E-state index contributed by atoms with van der Waals surface area (Å²) in [4.78, 5) is 18.2. The Morgan fingerprint density at radius 3 is 3.11 bits per heavy atom. The van der Waals surface area contributed by atoms with E-state index in [-0.39, 0.29) is 12.0 Å². The molecule has 2 heterocycles. The van der Waals surface area contributed by atoms with Crippen LogP contribution in [-0.4, -0.2) is 40.7 Å². The van der Waals surface area contributed by atoms with Crippen molar-refractivity contribution in [2.45, 2.75) is 51.6 Å². The van der Waals surface area contributed by atoms with Crippen molar-refractivity contribution < 1.29 is 14.1 Å². The third-order valence-electron chi connectivity index (χ3n) is 3.41. The lowest BCUT2D eigenvalue weighted by Gasteiger charge is -2.32. The Hall–Kier alpha value is -1.43. The van der Waals surface area contributed by atoms with Gasteiger partial charge >= 0.3 is 5.97 Å². The van der Waals surface area contributed by atoms with Crippen LogP contribution in [0.2, 0.25) is 0 Å². The van der Waals surface area contributed by atoms with Crippen LogP contribution in [-0.2, 0) is 22.5 Å². The normalized spacial score (nSPS) is 20.4. The van der Waals surface area contributed by atoms with Crippen molar-refractivity contribution in [3.8, 4) is 0 Å². The third kappa shape index (κ3) is 3.53. The maximum absolute atomic E-state index is 11.7. The van der Waals surface area contributed by atoms with Gasteiger partial charge in [0.15, 0.2) is 5.82 Å². The number of hydrogen-bond donors (Lipinski definition) is 0. The van der Waals surface area contributed by atoms with Crippen LogP contribution in [0.4, 0.5) is 0 Å². The lowest BCUT2D eigenvalue weighted by atomic mass is 10.0. The molecular formula is C13H21N3O3. The van der Waals surface area contributed by atoms with Crippen LogP contribution in [0.3, 0.4) is 0 Å². The Labute approximate surface area is 113 Å². The lowest BCUT2D eigenvalue weighted by Crippen LogP contribution is -2.44. The van der Waals surface area contributed by atoms with E-state index in [1.807, 2.05) is 0 Å². The highest BCUT2D eigenvalue weighted by molar-refractivity contribution is 5.75. The maximum atomic E-state index is 11.7. The quantitative estimate of drug-likeness (QED) is 0.754. The van der Waals surface area contributed by atoms with E-state index in [9.17, 15) is 4.79 Å². The van der Waals surface area contributed by atoms with E-state index in [4.69, 9.17) is 9.26 Å². The Bertz CT molecular complexity index is 419. The minimum Gasteiger partial charge on any atom is -0.468 e. The van der Waals surface area contributed by atoms with E-state index in [1.165, 1.54) is 7.11 Å². The standard InChI is InChI=1S/C13H21N3O3/c1-3-6-12-14-11(15-19-12)9-16-8-5-4-7-10(16)13(17)18-2/h10H,3-9H2,1-2H3. The molecule has 0 bridgehead atoms. The van der Waals surface area contributed by atoms with Crippen molar-refractivity contribution in [2.24, 2.45) is 0 Å². The summed E-state index contributed by atoms with van der Waals surface area (Å²) in [7, 11) is 1.43. The smallest absolute Gasteiger partial charge is 0.323 e. The van der Waals surface area contributed by atoms with Gasteiger partial charge in [0.2, 0.25) is 5.89 Å². The fourth-order valence-corrected chi connectivity index (χ4v) is 2.43. The molecular weight excluding hydrogens is 246 g/mol. The van der Waals surface area contributed by atoms with Gasteiger partial charge in [-0.3, -0.25) is 9.69 Å². The summed E-state index contributed by atoms with van der Waals surface area (Å²) in [5, 5.41) is 3.97. The van der Waals surface area contributed by atoms with Crippen molar-refractivity contribution in [3.63, 3.8) is 0 Å². The molecule has 6 heteroatoms. The van der Waals surface area contributed by atoms with Gasteiger partial charge < -0.3 is 9.26 Å². The molecule has 2 rings (SSSR count). The third-order valence-corrected chi connectivity index (χ3v) is 3.41. The number of methoxy groups -OCH3 is 1. The summed E-state index contributed by atoms with van der Waals surface area (Å²) in [5.74, 6) is 1.15. The lowest BCUT2D eigenvalue weighted by molar-refractivity contribution is -0.148. The van der Waals surface area contributed by atoms with E-state index in [2.05, 4.69) is 22.0 Å². The SMILES string of the molecule is CCCc1nc(CN2CCCCC2C(=O)OC)no1. The van der Waals surface area contributed by atoms with Crippen molar-refractivity contribution in [2.75, 3.05) is 13.7 Å². The molecule has 0 radical (unpaired) electrons. The number of aryl methyl sites for hydroxylation is 1. The second-order valence-corrected chi connectivity index (χ2v) is 4.86.